The van der Waals surface area contributed by atoms with Crippen molar-refractivity contribution in [2.75, 3.05) is 42.1 Å². The predicted octanol–water partition coefficient (Wildman–Crippen LogP) is 7.16. The standard InChI is InChI=1S/C51H70ClN11O6S2/c1-31(33-18-20-34(21-19-33)44-32(2)57-30-70-44)58-47(68)37-27-35(64)29-63(37)49(69)45(50(3,4)5)61-42(67)15-9-7-8-10-24-55-40(65)16-12-17-41(66)59-36-13-11-14-38(43(36)52)71-48-46(53)60-39(28-56-48)62-25-22-51(6,54)23-26-62/h11,13-14,18-21,28,30-31,35,37,45,64H,7-10,12,15-17,22-27,29,54H2,1-6H3,(H2,53,60)(H,55,65)(H,58,68)(H,59,66)(H,61,67)/t31-,35+,37-,45?/m0/s1. The first-order chi connectivity index (χ1) is 33.7. The minimum atomic E-state index is -0.912. The number of β-amino-alcohol motifs (C(OH)–C–C–N with tert-alkyl or cyclic N) is 1. The molecule has 0 saturated carbocycles. The van der Waals surface area contributed by atoms with Gasteiger partial charge in [-0.05, 0) is 81.5 Å². The normalized spacial score (nSPS) is 17.6. The topological polar surface area (TPSA) is 251 Å². The Bertz CT molecular complexity index is 2490. The third-order valence-electron chi connectivity index (χ3n) is 12.9. The fraction of sp³-hybridized carbons (Fsp3) is 0.529. The summed E-state index contributed by atoms with van der Waals surface area (Å²) in [5.74, 6) is -0.476. The Kier molecular flexibility index (Phi) is 19.3. The highest BCUT2D eigenvalue weighted by molar-refractivity contribution is 7.99. The Morgan fingerprint density at radius 1 is 0.944 bits per heavy atom. The SMILES string of the molecule is Cc1ncsc1-c1ccc([C@H](C)NC(=O)[C@@H]2C[C@@H](O)CN2C(=O)C(NC(=O)CCCCCCNC(=O)CCCC(=O)Nc2cccc(Sc3ncc(N4CCC(C)(N)CC4)nc3N)c2Cl)C(C)(C)C)cc1. The number of unbranched alkanes of at least 4 members (excludes halogenated alkanes) is 3. The van der Waals surface area contributed by atoms with Crippen LogP contribution in [0.3, 0.4) is 0 Å². The van der Waals surface area contributed by atoms with Crippen molar-refractivity contribution in [3.05, 3.63) is 70.5 Å². The molecule has 4 heterocycles. The number of benzene rings is 2. The van der Waals surface area contributed by atoms with Gasteiger partial charge in [-0.15, -0.1) is 11.3 Å². The van der Waals surface area contributed by atoms with Crippen LogP contribution < -0.4 is 37.6 Å². The maximum absolute atomic E-state index is 14.1. The van der Waals surface area contributed by atoms with Gasteiger partial charge in [0.1, 0.15) is 22.9 Å². The Labute approximate surface area is 430 Å². The number of likely N-dealkylation sites (tertiary alicyclic amines) is 1. The maximum atomic E-state index is 14.1. The molecular formula is C51H70ClN11O6S2. The van der Waals surface area contributed by atoms with Crippen LogP contribution in [0.15, 0.2) is 64.1 Å². The maximum Gasteiger partial charge on any atom is 0.246 e. The van der Waals surface area contributed by atoms with Crippen molar-refractivity contribution in [3.8, 4) is 10.4 Å². The van der Waals surface area contributed by atoms with Gasteiger partial charge in [0, 0.05) is 62.3 Å². The summed E-state index contributed by atoms with van der Waals surface area (Å²) < 4.78 is 0. The molecule has 9 N–H and O–H groups in total. The molecule has 6 rings (SSSR count). The van der Waals surface area contributed by atoms with E-state index in [1.807, 2.05) is 70.5 Å². The average Bonchev–Trinajstić information content (AvgIpc) is 3.94. The molecule has 0 radical (unpaired) electrons. The van der Waals surface area contributed by atoms with Gasteiger partial charge in [-0.3, -0.25) is 24.0 Å². The van der Waals surface area contributed by atoms with E-state index in [0.717, 1.165) is 66.9 Å². The van der Waals surface area contributed by atoms with Crippen LogP contribution in [0.25, 0.3) is 10.4 Å². The van der Waals surface area contributed by atoms with E-state index in [1.54, 1.807) is 29.7 Å². The molecule has 2 aromatic heterocycles. The van der Waals surface area contributed by atoms with Gasteiger partial charge in [-0.2, -0.15) is 0 Å². The van der Waals surface area contributed by atoms with E-state index in [-0.39, 0.29) is 73.3 Å². The second-order valence-electron chi connectivity index (χ2n) is 20.1. The number of aliphatic hydroxyl groups excluding tert-OH is 1. The zero-order valence-electron chi connectivity index (χ0n) is 41.7. The summed E-state index contributed by atoms with van der Waals surface area (Å²) >= 11 is 9.54. The zero-order chi connectivity index (χ0) is 51.5. The molecule has 20 heteroatoms. The monoisotopic (exact) mass is 1030 g/mol. The number of aromatic nitrogens is 3. The Hall–Kier alpha value is -5.34. The lowest BCUT2D eigenvalue weighted by atomic mass is 9.85. The van der Waals surface area contributed by atoms with E-state index >= 15 is 0 Å². The molecule has 5 amide bonds. The van der Waals surface area contributed by atoms with Crippen molar-refractivity contribution >= 4 is 81.6 Å². The fourth-order valence-electron chi connectivity index (χ4n) is 8.60. The molecule has 2 saturated heterocycles. The summed E-state index contributed by atoms with van der Waals surface area (Å²) in [4.78, 5) is 85.0. The molecule has 0 aliphatic carbocycles. The summed E-state index contributed by atoms with van der Waals surface area (Å²) in [6, 6.07) is 11.1. The van der Waals surface area contributed by atoms with Gasteiger partial charge in [0.25, 0.3) is 0 Å². The number of carbonyl (C=O) groups is 5. The molecule has 384 valence electrons. The molecule has 1 unspecified atom stereocenters. The minimum Gasteiger partial charge on any atom is -0.391 e. The Morgan fingerprint density at radius 3 is 2.31 bits per heavy atom. The highest BCUT2D eigenvalue weighted by Gasteiger charge is 2.44. The third-order valence-corrected chi connectivity index (χ3v) is 15.5. The third kappa shape index (κ3) is 15.6. The fourth-order valence-corrected chi connectivity index (χ4v) is 10.5. The van der Waals surface area contributed by atoms with Gasteiger partial charge in [-0.1, -0.05) is 87.3 Å². The Balaban J connectivity index is 0.856. The summed E-state index contributed by atoms with van der Waals surface area (Å²) in [5, 5.41) is 23.2. The molecule has 2 aliphatic rings. The van der Waals surface area contributed by atoms with E-state index in [4.69, 9.17) is 23.1 Å². The van der Waals surface area contributed by atoms with Crippen LogP contribution in [-0.4, -0.2) is 104 Å². The number of thiazole rings is 1. The number of aliphatic hydroxyl groups is 1. The van der Waals surface area contributed by atoms with Crippen LogP contribution in [0, 0.1) is 12.3 Å². The largest absolute Gasteiger partial charge is 0.391 e. The summed E-state index contributed by atoms with van der Waals surface area (Å²) in [5.41, 5.74) is 16.9. The molecule has 0 bridgehead atoms. The van der Waals surface area contributed by atoms with Crippen LogP contribution in [0.1, 0.15) is 123 Å². The van der Waals surface area contributed by atoms with Gasteiger partial charge in [-0.25, -0.2) is 15.0 Å². The molecule has 2 aliphatic heterocycles. The first kappa shape index (κ1) is 55.0. The van der Waals surface area contributed by atoms with Crippen molar-refractivity contribution in [2.45, 2.75) is 152 Å². The van der Waals surface area contributed by atoms with Gasteiger partial charge < -0.3 is 47.6 Å². The van der Waals surface area contributed by atoms with Gasteiger partial charge in [0.2, 0.25) is 29.5 Å². The molecule has 4 aromatic rings. The van der Waals surface area contributed by atoms with Crippen LogP contribution in [-0.2, 0) is 24.0 Å². The van der Waals surface area contributed by atoms with Gasteiger partial charge in [0.05, 0.1) is 45.1 Å². The van der Waals surface area contributed by atoms with Crippen LogP contribution in [0.5, 0.6) is 0 Å². The first-order valence-corrected chi connectivity index (χ1v) is 26.5. The molecule has 2 aromatic carbocycles. The molecule has 71 heavy (non-hydrogen) atoms. The Morgan fingerprint density at radius 2 is 1.63 bits per heavy atom. The number of piperidine rings is 1. The van der Waals surface area contributed by atoms with Crippen LogP contribution in [0.4, 0.5) is 17.3 Å². The summed E-state index contributed by atoms with van der Waals surface area (Å²) in [6.45, 7) is 13.5. The predicted molar refractivity (Wildman–Crippen MR) is 281 cm³/mol. The lowest BCUT2D eigenvalue weighted by Crippen LogP contribution is -2.57. The second-order valence-corrected chi connectivity index (χ2v) is 22.3. The van der Waals surface area contributed by atoms with Crippen molar-refractivity contribution < 1.29 is 29.1 Å². The summed E-state index contributed by atoms with van der Waals surface area (Å²) in [7, 11) is 0. The number of hydrogen-bond acceptors (Lipinski definition) is 14. The number of rotatable bonds is 21. The van der Waals surface area contributed by atoms with Crippen molar-refractivity contribution in [2.24, 2.45) is 11.1 Å². The highest BCUT2D eigenvalue weighted by Crippen LogP contribution is 2.39. The lowest BCUT2D eigenvalue weighted by Gasteiger charge is -2.37. The number of anilines is 3. The number of nitrogen functional groups attached to an aromatic ring is 1. The molecule has 4 atom stereocenters. The average molecular weight is 1030 g/mol. The smallest absolute Gasteiger partial charge is 0.246 e. The van der Waals surface area contributed by atoms with E-state index < -0.39 is 29.5 Å². The number of aryl methyl sites for hydroxylation is 1. The lowest BCUT2D eigenvalue weighted by molar-refractivity contribution is -0.144. The number of carbonyl (C=O) groups excluding carboxylic acids is 5. The highest BCUT2D eigenvalue weighted by atomic mass is 35.5. The molecule has 0 spiro atoms. The number of amides is 5. The van der Waals surface area contributed by atoms with Crippen molar-refractivity contribution in [3.63, 3.8) is 0 Å². The van der Waals surface area contributed by atoms with Crippen molar-refractivity contribution in [1.82, 2.24) is 35.8 Å². The quantitative estimate of drug-likeness (QED) is 0.0410. The summed E-state index contributed by atoms with van der Waals surface area (Å²) in [6.07, 6.45) is 6.33. The number of nitrogens with two attached hydrogens (primary N) is 2. The van der Waals surface area contributed by atoms with Gasteiger partial charge in [0.15, 0.2) is 5.82 Å². The first-order valence-electron chi connectivity index (χ1n) is 24.5. The number of hydrogen-bond donors (Lipinski definition) is 7. The van der Waals surface area contributed by atoms with E-state index in [2.05, 4.69) is 48.0 Å². The van der Waals surface area contributed by atoms with Crippen molar-refractivity contribution in [1.29, 1.82) is 0 Å². The van der Waals surface area contributed by atoms with Crippen LogP contribution >= 0.6 is 34.7 Å². The minimum absolute atomic E-state index is 0.00704. The second kappa shape index (κ2) is 24.9. The number of nitrogens with zero attached hydrogens (tertiary/aromatic N) is 5. The van der Waals surface area contributed by atoms with E-state index in [1.165, 1.54) is 16.7 Å². The zero-order valence-corrected chi connectivity index (χ0v) is 44.1. The molecule has 2 fully saturated rings. The molecular weight excluding hydrogens is 962 g/mol. The van der Waals surface area contributed by atoms with E-state index in [0.29, 0.717) is 45.8 Å². The number of nitrogens with one attached hydrogen (secondary N) is 4. The molecule has 17 nitrogen and oxygen atoms in total. The number of halogens is 1. The van der Waals surface area contributed by atoms with E-state index in [9.17, 15) is 29.1 Å². The van der Waals surface area contributed by atoms with Crippen LogP contribution in [0.2, 0.25) is 5.02 Å². The van der Waals surface area contributed by atoms with Gasteiger partial charge >= 0.3 is 0 Å².